The lowest BCUT2D eigenvalue weighted by molar-refractivity contribution is -0.136. The van der Waals surface area contributed by atoms with Gasteiger partial charge in [-0.3, -0.25) is 4.79 Å². The monoisotopic (exact) mass is 312 g/mol. The van der Waals surface area contributed by atoms with E-state index in [1.54, 1.807) is 12.1 Å². The average Bonchev–Trinajstić information content (AvgIpc) is 2.34. The molecule has 0 aliphatic rings. The molecule has 0 bridgehead atoms. The highest BCUT2D eigenvalue weighted by molar-refractivity contribution is 7.99. The van der Waals surface area contributed by atoms with Gasteiger partial charge < -0.3 is 5.11 Å². The lowest BCUT2D eigenvalue weighted by atomic mass is 10.1. The quantitative estimate of drug-likeness (QED) is 0.883. The van der Waals surface area contributed by atoms with Gasteiger partial charge in [0.2, 0.25) is 0 Å². The zero-order chi connectivity index (χ0) is 13.8. The molecule has 5 heteroatoms. The van der Waals surface area contributed by atoms with E-state index >= 15 is 0 Å². The van der Waals surface area contributed by atoms with Gasteiger partial charge in [-0.25, -0.2) is 0 Å². The van der Waals surface area contributed by atoms with Crippen LogP contribution in [-0.2, 0) is 11.2 Å². The Bertz CT molecular complexity index is 597. The largest absolute Gasteiger partial charge is 0.481 e. The average molecular weight is 313 g/mol. The Labute approximate surface area is 125 Å². The summed E-state index contributed by atoms with van der Waals surface area (Å²) in [6.45, 7) is 0. The van der Waals surface area contributed by atoms with Crippen molar-refractivity contribution in [1.82, 2.24) is 0 Å². The molecule has 0 atom stereocenters. The van der Waals surface area contributed by atoms with Crippen LogP contribution in [0.3, 0.4) is 0 Å². The summed E-state index contributed by atoms with van der Waals surface area (Å²) in [5.74, 6) is -0.867. The maximum atomic E-state index is 10.6. The molecule has 0 amide bonds. The van der Waals surface area contributed by atoms with Crippen LogP contribution < -0.4 is 0 Å². The number of carbonyl (C=O) groups is 1. The Kier molecular flexibility index (Phi) is 4.75. The maximum absolute atomic E-state index is 10.6. The van der Waals surface area contributed by atoms with Crippen molar-refractivity contribution < 1.29 is 9.90 Å². The number of halogens is 2. The lowest BCUT2D eigenvalue weighted by Gasteiger charge is -2.06. The number of rotatable bonds is 4. The first-order chi connectivity index (χ1) is 9.04. The summed E-state index contributed by atoms with van der Waals surface area (Å²) < 4.78 is 0. The molecule has 0 spiro atoms. The van der Waals surface area contributed by atoms with E-state index in [0.717, 1.165) is 9.79 Å². The molecule has 2 nitrogen and oxygen atoms in total. The molecule has 2 aromatic carbocycles. The number of carboxylic acid groups (broad SMARTS) is 1. The fourth-order valence-corrected chi connectivity index (χ4v) is 2.80. The highest BCUT2D eigenvalue weighted by Gasteiger charge is 2.06. The lowest BCUT2D eigenvalue weighted by Crippen LogP contribution is -1.99. The van der Waals surface area contributed by atoms with Gasteiger partial charge in [0.1, 0.15) is 0 Å². The van der Waals surface area contributed by atoms with Crippen LogP contribution in [0.2, 0.25) is 10.0 Å². The van der Waals surface area contributed by atoms with E-state index in [-0.39, 0.29) is 6.42 Å². The molecule has 0 radical (unpaired) electrons. The third kappa shape index (κ3) is 4.16. The Hall–Kier alpha value is -1.16. The van der Waals surface area contributed by atoms with Gasteiger partial charge in [0, 0.05) is 14.8 Å². The number of benzene rings is 2. The van der Waals surface area contributed by atoms with Gasteiger partial charge in [0.15, 0.2) is 0 Å². The van der Waals surface area contributed by atoms with Crippen LogP contribution in [0.4, 0.5) is 0 Å². The van der Waals surface area contributed by atoms with Crippen molar-refractivity contribution in [1.29, 1.82) is 0 Å². The standard InChI is InChI=1S/C14H10Cl2O2S/c15-10-2-4-11(5-3-10)19-13-6-1-9(7-12(13)16)8-14(17)18/h1-7H,8H2,(H,17,18). The summed E-state index contributed by atoms with van der Waals surface area (Å²) in [6, 6.07) is 12.8. The van der Waals surface area contributed by atoms with Gasteiger partial charge in [-0.15, -0.1) is 0 Å². The summed E-state index contributed by atoms with van der Waals surface area (Å²) >= 11 is 13.5. The first-order valence-electron chi connectivity index (χ1n) is 5.48. The molecule has 2 aromatic rings. The number of hydrogen-bond donors (Lipinski definition) is 1. The maximum Gasteiger partial charge on any atom is 0.307 e. The molecule has 0 aromatic heterocycles. The zero-order valence-corrected chi connectivity index (χ0v) is 12.1. The first-order valence-corrected chi connectivity index (χ1v) is 7.05. The van der Waals surface area contributed by atoms with E-state index in [9.17, 15) is 4.79 Å². The summed E-state index contributed by atoms with van der Waals surface area (Å²) in [5.41, 5.74) is 0.693. The second kappa shape index (κ2) is 6.33. The van der Waals surface area contributed by atoms with E-state index in [1.165, 1.54) is 11.8 Å². The van der Waals surface area contributed by atoms with Crippen LogP contribution in [0, 0.1) is 0 Å². The minimum Gasteiger partial charge on any atom is -0.481 e. The molecule has 0 saturated carbocycles. The summed E-state index contributed by atoms with van der Waals surface area (Å²) in [7, 11) is 0. The second-order valence-corrected chi connectivity index (χ2v) is 5.85. The molecule has 0 unspecified atom stereocenters. The van der Waals surface area contributed by atoms with E-state index in [2.05, 4.69) is 0 Å². The van der Waals surface area contributed by atoms with Crippen molar-refractivity contribution in [3.05, 3.63) is 58.1 Å². The van der Waals surface area contributed by atoms with E-state index < -0.39 is 5.97 Å². The number of aliphatic carboxylic acids is 1. The molecular weight excluding hydrogens is 303 g/mol. The van der Waals surface area contributed by atoms with Crippen LogP contribution in [0.5, 0.6) is 0 Å². The van der Waals surface area contributed by atoms with Gasteiger partial charge in [-0.05, 0) is 42.0 Å². The Balaban J connectivity index is 2.17. The first kappa shape index (κ1) is 14.3. The molecule has 0 aliphatic carbocycles. The predicted octanol–water partition coefficient (Wildman–Crippen LogP) is 4.77. The molecule has 2 rings (SSSR count). The van der Waals surface area contributed by atoms with Crippen LogP contribution in [0.25, 0.3) is 0 Å². The minimum absolute atomic E-state index is 0.0222. The highest BCUT2D eigenvalue weighted by Crippen LogP contribution is 2.34. The van der Waals surface area contributed by atoms with Gasteiger partial charge in [-0.1, -0.05) is 41.0 Å². The zero-order valence-electron chi connectivity index (χ0n) is 9.77. The molecular formula is C14H10Cl2O2S. The van der Waals surface area contributed by atoms with Crippen molar-refractivity contribution >= 4 is 40.9 Å². The minimum atomic E-state index is -0.867. The molecule has 0 heterocycles. The highest BCUT2D eigenvalue weighted by atomic mass is 35.5. The summed E-state index contributed by atoms with van der Waals surface area (Å²) in [4.78, 5) is 12.5. The number of hydrogen-bond acceptors (Lipinski definition) is 2. The van der Waals surface area contributed by atoms with Crippen molar-refractivity contribution in [3.8, 4) is 0 Å². The summed E-state index contributed by atoms with van der Waals surface area (Å²) in [6.07, 6.45) is -0.0222. The molecule has 19 heavy (non-hydrogen) atoms. The van der Waals surface area contributed by atoms with Gasteiger partial charge in [0.05, 0.1) is 11.4 Å². The second-order valence-electron chi connectivity index (χ2n) is 3.89. The Morgan fingerprint density at radius 1 is 1.11 bits per heavy atom. The Morgan fingerprint density at radius 3 is 2.37 bits per heavy atom. The fourth-order valence-electron chi connectivity index (χ4n) is 1.54. The van der Waals surface area contributed by atoms with E-state index in [4.69, 9.17) is 28.3 Å². The fraction of sp³-hybridized carbons (Fsp3) is 0.0714. The Morgan fingerprint density at radius 2 is 1.79 bits per heavy atom. The van der Waals surface area contributed by atoms with Crippen LogP contribution in [0.1, 0.15) is 5.56 Å². The number of carboxylic acids is 1. The van der Waals surface area contributed by atoms with E-state index in [1.807, 2.05) is 30.3 Å². The molecule has 0 fully saturated rings. The van der Waals surface area contributed by atoms with Gasteiger partial charge >= 0.3 is 5.97 Å². The van der Waals surface area contributed by atoms with Crippen LogP contribution in [-0.4, -0.2) is 11.1 Å². The third-order valence-corrected chi connectivity index (χ3v) is 4.15. The normalized spacial score (nSPS) is 10.4. The molecule has 98 valence electrons. The molecule has 0 aliphatic heterocycles. The third-order valence-electron chi connectivity index (χ3n) is 2.39. The van der Waals surface area contributed by atoms with Crippen molar-refractivity contribution in [2.24, 2.45) is 0 Å². The van der Waals surface area contributed by atoms with Crippen LogP contribution in [0.15, 0.2) is 52.3 Å². The summed E-state index contributed by atoms with van der Waals surface area (Å²) in [5, 5.41) is 9.97. The predicted molar refractivity (Wildman–Crippen MR) is 78.4 cm³/mol. The topological polar surface area (TPSA) is 37.3 Å². The van der Waals surface area contributed by atoms with Crippen molar-refractivity contribution in [2.75, 3.05) is 0 Å². The molecule has 1 N–H and O–H groups in total. The van der Waals surface area contributed by atoms with E-state index in [0.29, 0.717) is 15.6 Å². The van der Waals surface area contributed by atoms with Gasteiger partial charge in [0.25, 0.3) is 0 Å². The van der Waals surface area contributed by atoms with Crippen molar-refractivity contribution in [2.45, 2.75) is 16.2 Å². The van der Waals surface area contributed by atoms with Crippen molar-refractivity contribution in [3.63, 3.8) is 0 Å². The van der Waals surface area contributed by atoms with Gasteiger partial charge in [-0.2, -0.15) is 0 Å². The molecule has 0 saturated heterocycles. The SMILES string of the molecule is O=C(O)Cc1ccc(Sc2ccc(Cl)cc2)c(Cl)c1. The van der Waals surface area contributed by atoms with Crippen LogP contribution >= 0.6 is 35.0 Å². The smallest absolute Gasteiger partial charge is 0.307 e.